The van der Waals surface area contributed by atoms with Crippen molar-refractivity contribution in [3.8, 4) is 0 Å². The van der Waals surface area contributed by atoms with E-state index in [4.69, 9.17) is 11.6 Å². The van der Waals surface area contributed by atoms with E-state index < -0.39 is 0 Å². The van der Waals surface area contributed by atoms with Crippen LogP contribution in [0.5, 0.6) is 0 Å². The quantitative estimate of drug-likeness (QED) is 0.250. The van der Waals surface area contributed by atoms with Gasteiger partial charge in [-0.15, -0.1) is 6.58 Å². The zero-order valence-corrected chi connectivity index (χ0v) is 24.4. The first-order valence-corrected chi connectivity index (χ1v) is 13.5. The number of carbonyl (C=O) groups excluding carboxylic acids is 1. The molecule has 0 bridgehead atoms. The standard InChI is InChI=1S/C27H41ClN4O2.C3H6/c1-6-20(3)21(4)26(31(5)7-2)12-9-15-29-27(34)18-32-16-13-22(14-17-32)30-25-11-8-10-24(28)23(25)19-33;1-3-2/h6,8-12,22,30,33H,7,13-19H2,1-5H3,(H,29,34);3H,1H2,2H3/b12-9-,20-6+,26-21-;. The second-order valence-electron chi connectivity index (χ2n) is 9.23. The molecular weight excluding hydrogens is 484 g/mol. The van der Waals surface area contributed by atoms with Crippen molar-refractivity contribution in [3.63, 3.8) is 0 Å². The molecule has 206 valence electrons. The van der Waals surface area contributed by atoms with Crippen molar-refractivity contribution in [2.24, 2.45) is 0 Å². The molecule has 1 amide bonds. The van der Waals surface area contributed by atoms with Crippen molar-refractivity contribution in [3.05, 3.63) is 76.5 Å². The van der Waals surface area contributed by atoms with Gasteiger partial charge in [0.05, 0.1) is 13.2 Å². The van der Waals surface area contributed by atoms with Crippen molar-refractivity contribution in [2.75, 3.05) is 45.1 Å². The fourth-order valence-corrected chi connectivity index (χ4v) is 4.27. The van der Waals surface area contributed by atoms with E-state index in [2.05, 4.69) is 73.9 Å². The molecule has 1 aromatic rings. The van der Waals surface area contributed by atoms with Crippen LogP contribution in [-0.2, 0) is 11.4 Å². The third-order valence-electron chi connectivity index (χ3n) is 6.58. The molecule has 1 fully saturated rings. The Bertz CT molecular complexity index is 947. The minimum Gasteiger partial charge on any atom is -0.392 e. The van der Waals surface area contributed by atoms with Crippen LogP contribution in [0, 0.1) is 0 Å². The van der Waals surface area contributed by atoms with Crippen LogP contribution in [0.4, 0.5) is 5.69 Å². The number of aliphatic hydroxyl groups is 1. The van der Waals surface area contributed by atoms with Crippen LogP contribution in [0.25, 0.3) is 0 Å². The van der Waals surface area contributed by atoms with Gasteiger partial charge >= 0.3 is 0 Å². The number of hydrogen-bond acceptors (Lipinski definition) is 5. The summed E-state index contributed by atoms with van der Waals surface area (Å²) >= 11 is 6.19. The number of anilines is 1. The van der Waals surface area contributed by atoms with Gasteiger partial charge in [-0.2, -0.15) is 0 Å². The summed E-state index contributed by atoms with van der Waals surface area (Å²) in [6.45, 7) is 17.1. The van der Waals surface area contributed by atoms with E-state index >= 15 is 0 Å². The average Bonchev–Trinajstić information content (AvgIpc) is 2.89. The lowest BCUT2D eigenvalue weighted by molar-refractivity contribution is -0.122. The maximum Gasteiger partial charge on any atom is 0.234 e. The fourth-order valence-electron chi connectivity index (χ4n) is 4.04. The van der Waals surface area contributed by atoms with E-state index in [1.54, 1.807) is 12.1 Å². The van der Waals surface area contributed by atoms with E-state index in [0.29, 0.717) is 24.2 Å². The van der Waals surface area contributed by atoms with Gasteiger partial charge < -0.3 is 20.6 Å². The van der Waals surface area contributed by atoms with Crippen LogP contribution in [0.3, 0.4) is 0 Å². The number of carbonyl (C=O) groups is 1. The monoisotopic (exact) mass is 530 g/mol. The second-order valence-corrected chi connectivity index (χ2v) is 9.64. The van der Waals surface area contributed by atoms with Crippen molar-refractivity contribution >= 4 is 23.2 Å². The normalized spacial score (nSPS) is 15.5. The van der Waals surface area contributed by atoms with E-state index in [-0.39, 0.29) is 12.5 Å². The Morgan fingerprint density at radius 2 is 1.92 bits per heavy atom. The SMILES string of the molecule is C/C=C(C)/C(C)=C(/C=C\CNC(=O)CN1CCC(Nc2cccc(Cl)c2CO)CC1)N(C)CC.C=CC. The molecule has 1 aromatic carbocycles. The number of likely N-dealkylation sites (N-methyl/N-ethyl adjacent to an activating group) is 1. The number of hydrogen-bond donors (Lipinski definition) is 3. The van der Waals surface area contributed by atoms with Crippen LogP contribution in [0.1, 0.15) is 53.0 Å². The molecule has 0 spiro atoms. The predicted molar refractivity (Wildman–Crippen MR) is 159 cm³/mol. The third-order valence-corrected chi connectivity index (χ3v) is 6.93. The van der Waals surface area contributed by atoms with E-state index in [0.717, 1.165) is 43.7 Å². The van der Waals surface area contributed by atoms with Gasteiger partial charge in [-0.3, -0.25) is 9.69 Å². The highest BCUT2D eigenvalue weighted by molar-refractivity contribution is 6.31. The molecule has 1 aliphatic heterocycles. The Hall–Kier alpha value is -2.54. The average molecular weight is 531 g/mol. The first-order valence-electron chi connectivity index (χ1n) is 13.1. The zero-order chi connectivity index (χ0) is 27.8. The molecule has 0 unspecified atom stereocenters. The number of amides is 1. The van der Waals surface area contributed by atoms with Gasteiger partial charge in [0.15, 0.2) is 0 Å². The molecule has 0 atom stereocenters. The molecule has 37 heavy (non-hydrogen) atoms. The second kappa shape index (κ2) is 17.8. The molecule has 7 heteroatoms. The van der Waals surface area contributed by atoms with Crippen molar-refractivity contribution < 1.29 is 9.90 Å². The predicted octanol–water partition coefficient (Wildman–Crippen LogP) is 5.77. The summed E-state index contributed by atoms with van der Waals surface area (Å²) in [5.74, 6) is 0.0456. The lowest BCUT2D eigenvalue weighted by atomic mass is 10.0. The first kappa shape index (κ1) is 32.5. The molecule has 6 nitrogen and oxygen atoms in total. The molecule has 1 heterocycles. The van der Waals surface area contributed by atoms with Crippen molar-refractivity contribution in [2.45, 2.75) is 60.1 Å². The summed E-state index contributed by atoms with van der Waals surface area (Å²) in [6, 6.07) is 5.93. The maximum absolute atomic E-state index is 12.5. The molecule has 0 aromatic heterocycles. The zero-order valence-electron chi connectivity index (χ0n) is 23.6. The lowest BCUT2D eigenvalue weighted by Gasteiger charge is -2.32. The topological polar surface area (TPSA) is 67.8 Å². The molecular formula is C30H47ClN4O2. The van der Waals surface area contributed by atoms with Gasteiger partial charge in [-0.05, 0) is 71.2 Å². The van der Waals surface area contributed by atoms with Crippen LogP contribution in [0.2, 0.25) is 5.02 Å². The van der Waals surface area contributed by atoms with Crippen LogP contribution in [-0.4, -0.2) is 66.6 Å². The largest absolute Gasteiger partial charge is 0.392 e. The molecule has 2 rings (SSSR count). The van der Waals surface area contributed by atoms with Gasteiger partial charge in [0, 0.05) is 61.2 Å². The number of aliphatic hydroxyl groups excluding tert-OH is 1. The Morgan fingerprint density at radius 1 is 1.27 bits per heavy atom. The summed E-state index contributed by atoms with van der Waals surface area (Å²) in [4.78, 5) is 16.9. The maximum atomic E-state index is 12.5. The van der Waals surface area contributed by atoms with Crippen LogP contribution < -0.4 is 10.6 Å². The van der Waals surface area contributed by atoms with E-state index in [1.807, 2.05) is 25.1 Å². The summed E-state index contributed by atoms with van der Waals surface area (Å²) in [5, 5.41) is 16.7. The number of nitrogens with one attached hydrogen (secondary N) is 2. The number of benzene rings is 1. The number of nitrogens with zero attached hydrogens (tertiary/aromatic N) is 2. The summed E-state index contributed by atoms with van der Waals surface area (Å²) < 4.78 is 0. The first-order chi connectivity index (χ1) is 17.7. The number of piperidine rings is 1. The Kier molecular flexibility index (Phi) is 15.7. The van der Waals surface area contributed by atoms with Crippen LogP contribution >= 0.6 is 11.6 Å². The van der Waals surface area contributed by atoms with Crippen LogP contribution in [0.15, 0.2) is 65.9 Å². The van der Waals surface area contributed by atoms with Crippen molar-refractivity contribution in [1.82, 2.24) is 15.1 Å². The van der Waals surface area contributed by atoms with Gasteiger partial charge in [-0.1, -0.05) is 41.5 Å². The van der Waals surface area contributed by atoms with Gasteiger partial charge in [0.25, 0.3) is 0 Å². The molecule has 1 aliphatic rings. The summed E-state index contributed by atoms with van der Waals surface area (Å²) in [5.41, 5.74) is 5.30. The minimum absolute atomic E-state index is 0.0456. The fraction of sp³-hybridized carbons (Fsp3) is 0.500. The van der Waals surface area contributed by atoms with E-state index in [1.165, 1.54) is 16.8 Å². The molecule has 0 saturated carbocycles. The van der Waals surface area contributed by atoms with Gasteiger partial charge in [0.2, 0.25) is 5.91 Å². The summed E-state index contributed by atoms with van der Waals surface area (Å²) in [6.07, 6.45) is 9.86. The number of likely N-dealkylation sites (tertiary alicyclic amines) is 1. The summed E-state index contributed by atoms with van der Waals surface area (Å²) in [7, 11) is 2.08. The number of allylic oxidation sites excluding steroid dienone is 5. The number of halogens is 1. The van der Waals surface area contributed by atoms with Gasteiger partial charge in [-0.25, -0.2) is 0 Å². The van der Waals surface area contributed by atoms with E-state index in [9.17, 15) is 9.90 Å². The van der Waals surface area contributed by atoms with Crippen molar-refractivity contribution in [1.29, 1.82) is 0 Å². The molecule has 3 N–H and O–H groups in total. The lowest BCUT2D eigenvalue weighted by Crippen LogP contribution is -2.44. The Balaban J connectivity index is 0.00000217. The molecule has 0 radical (unpaired) electrons. The highest BCUT2D eigenvalue weighted by Crippen LogP contribution is 2.26. The smallest absolute Gasteiger partial charge is 0.234 e. The Labute approximate surface area is 229 Å². The molecule has 0 aliphatic carbocycles. The highest BCUT2D eigenvalue weighted by Gasteiger charge is 2.21. The molecule has 1 saturated heterocycles. The third kappa shape index (κ3) is 11.2. The highest BCUT2D eigenvalue weighted by atomic mass is 35.5. The Morgan fingerprint density at radius 3 is 2.49 bits per heavy atom. The number of rotatable bonds is 11. The minimum atomic E-state index is -0.0873. The van der Waals surface area contributed by atoms with Gasteiger partial charge in [0.1, 0.15) is 0 Å².